The maximum absolute atomic E-state index is 14.2. The fraction of sp³-hybridized carbons (Fsp3) is 0.250. The number of aliphatic hydroxyl groups excluding tert-OH is 1. The molecule has 2 heterocycles. The van der Waals surface area contributed by atoms with Crippen molar-refractivity contribution >= 4 is 17.0 Å². The lowest BCUT2D eigenvalue weighted by Gasteiger charge is -2.05. The number of methoxy groups -OCH3 is 1. The summed E-state index contributed by atoms with van der Waals surface area (Å²) in [5.41, 5.74) is 1.14. The summed E-state index contributed by atoms with van der Waals surface area (Å²) >= 11 is 0. The van der Waals surface area contributed by atoms with Gasteiger partial charge in [0.2, 0.25) is 0 Å². The number of aliphatic hydroxyl groups is 1. The number of pyridine rings is 1. The van der Waals surface area contributed by atoms with Crippen LogP contribution in [0.25, 0.3) is 16.7 Å². The largest absolute Gasteiger partial charge is 0.464 e. The highest BCUT2D eigenvalue weighted by Crippen LogP contribution is 2.22. The fourth-order valence-corrected chi connectivity index (χ4v) is 2.63. The van der Waals surface area contributed by atoms with Crippen molar-refractivity contribution in [3.05, 3.63) is 53.6 Å². The van der Waals surface area contributed by atoms with E-state index in [0.717, 1.165) is 0 Å². The molecule has 0 aliphatic heterocycles. The van der Waals surface area contributed by atoms with Gasteiger partial charge in [-0.25, -0.2) is 18.9 Å². The van der Waals surface area contributed by atoms with Crippen LogP contribution in [0.15, 0.2) is 36.5 Å². The molecule has 1 aromatic carbocycles. The number of halogens is 1. The molecule has 0 saturated heterocycles. The molecule has 0 saturated carbocycles. The number of carbonyl (C=O) groups is 1. The van der Waals surface area contributed by atoms with Crippen LogP contribution in [0.3, 0.4) is 0 Å². The van der Waals surface area contributed by atoms with Crippen LogP contribution in [-0.2, 0) is 4.74 Å². The summed E-state index contributed by atoms with van der Waals surface area (Å²) in [5, 5.41) is 17.6. The molecule has 3 aromatic rings. The zero-order valence-corrected chi connectivity index (χ0v) is 15.4. The quantitative estimate of drug-likeness (QED) is 0.515. The molecule has 144 valence electrons. The molecule has 0 fully saturated rings. The summed E-state index contributed by atoms with van der Waals surface area (Å²) < 4.78 is 20.4. The number of hydrogen-bond acceptors (Lipinski definition) is 6. The first-order valence-electron chi connectivity index (χ1n) is 8.61. The molecule has 1 atom stereocenters. The molecule has 28 heavy (non-hydrogen) atoms. The van der Waals surface area contributed by atoms with Gasteiger partial charge in [0.1, 0.15) is 11.9 Å². The average Bonchev–Trinajstić information content (AvgIpc) is 3.11. The van der Waals surface area contributed by atoms with Gasteiger partial charge < -0.3 is 15.2 Å². The van der Waals surface area contributed by atoms with Crippen LogP contribution < -0.4 is 5.32 Å². The fourth-order valence-electron chi connectivity index (χ4n) is 2.63. The number of aromatic nitrogens is 3. The summed E-state index contributed by atoms with van der Waals surface area (Å²) in [4.78, 5) is 16.3. The first-order chi connectivity index (χ1) is 13.5. The molecule has 2 N–H and O–H groups in total. The van der Waals surface area contributed by atoms with Gasteiger partial charge in [0.15, 0.2) is 11.3 Å². The molecule has 0 spiro atoms. The molecular weight excluding hydrogens is 363 g/mol. The topological polar surface area (TPSA) is 89.3 Å². The molecule has 0 radical (unpaired) electrons. The molecule has 0 aliphatic carbocycles. The number of fused-ring (bicyclic) bond motifs is 1. The third-order valence-corrected chi connectivity index (χ3v) is 4.06. The molecule has 8 heteroatoms. The molecule has 0 amide bonds. The number of ether oxygens (including phenoxy) is 1. The maximum atomic E-state index is 14.2. The van der Waals surface area contributed by atoms with Crippen LogP contribution in [0.4, 0.5) is 4.39 Å². The predicted octanol–water partition coefficient (Wildman–Crippen LogP) is 1.67. The number of esters is 1. The molecule has 1 unspecified atom stereocenters. The molecule has 0 bridgehead atoms. The van der Waals surface area contributed by atoms with Crippen molar-refractivity contribution in [3.8, 4) is 17.5 Å². The normalized spacial score (nSPS) is 11.7. The van der Waals surface area contributed by atoms with Crippen LogP contribution in [-0.4, -0.2) is 52.6 Å². The van der Waals surface area contributed by atoms with Crippen LogP contribution in [0, 0.1) is 17.7 Å². The van der Waals surface area contributed by atoms with Gasteiger partial charge in [-0.05, 0) is 50.3 Å². The van der Waals surface area contributed by atoms with E-state index in [4.69, 9.17) is 4.74 Å². The minimum atomic E-state index is -0.867. The zero-order chi connectivity index (χ0) is 20.1. The van der Waals surface area contributed by atoms with Crippen molar-refractivity contribution in [1.82, 2.24) is 20.1 Å². The Morgan fingerprint density at radius 2 is 2.25 bits per heavy atom. The van der Waals surface area contributed by atoms with Gasteiger partial charge in [-0.3, -0.25) is 0 Å². The van der Waals surface area contributed by atoms with E-state index >= 15 is 0 Å². The average molecular weight is 382 g/mol. The second-order valence-electron chi connectivity index (χ2n) is 5.97. The van der Waals surface area contributed by atoms with Gasteiger partial charge in [0.25, 0.3) is 0 Å². The Kier molecular flexibility index (Phi) is 5.99. The Hall–Kier alpha value is -3.28. The van der Waals surface area contributed by atoms with E-state index in [1.807, 2.05) is 0 Å². The Labute approximate surface area is 161 Å². The van der Waals surface area contributed by atoms with Gasteiger partial charge in [-0.2, -0.15) is 5.10 Å². The van der Waals surface area contributed by atoms with E-state index in [2.05, 4.69) is 27.2 Å². The highest BCUT2D eigenvalue weighted by Gasteiger charge is 2.19. The van der Waals surface area contributed by atoms with Crippen molar-refractivity contribution in [2.24, 2.45) is 0 Å². The summed E-state index contributed by atoms with van der Waals surface area (Å²) in [6.07, 6.45) is 1.14. The zero-order valence-electron chi connectivity index (χ0n) is 15.4. The lowest BCUT2D eigenvalue weighted by atomic mass is 10.1. The van der Waals surface area contributed by atoms with Crippen molar-refractivity contribution < 1.29 is 19.0 Å². The lowest BCUT2D eigenvalue weighted by molar-refractivity contribution is 0.0595. The highest BCUT2D eigenvalue weighted by molar-refractivity contribution is 6.01. The van der Waals surface area contributed by atoms with E-state index in [0.29, 0.717) is 29.7 Å². The van der Waals surface area contributed by atoms with Crippen molar-refractivity contribution in [1.29, 1.82) is 0 Å². The number of rotatable bonds is 5. The van der Waals surface area contributed by atoms with Gasteiger partial charge in [0.05, 0.1) is 23.7 Å². The third kappa shape index (κ3) is 4.01. The van der Waals surface area contributed by atoms with Crippen LogP contribution in [0.2, 0.25) is 0 Å². The number of nitrogens with one attached hydrogen (secondary N) is 1. The summed E-state index contributed by atoms with van der Waals surface area (Å²) in [6.45, 7) is 0.597. The first kappa shape index (κ1) is 19.5. The van der Waals surface area contributed by atoms with E-state index in [9.17, 15) is 14.3 Å². The monoisotopic (exact) mass is 382 g/mol. The van der Waals surface area contributed by atoms with Crippen molar-refractivity contribution in [3.63, 3.8) is 0 Å². The van der Waals surface area contributed by atoms with Gasteiger partial charge >= 0.3 is 5.97 Å². The van der Waals surface area contributed by atoms with E-state index in [1.54, 1.807) is 25.4 Å². The Morgan fingerprint density at radius 3 is 3.00 bits per heavy atom. The van der Waals surface area contributed by atoms with Crippen LogP contribution in [0.1, 0.15) is 22.5 Å². The minimum Gasteiger partial charge on any atom is -0.464 e. The number of hydrogen-bond donors (Lipinski definition) is 2. The Balaban J connectivity index is 2.04. The number of carbonyl (C=O) groups excluding carboxylic acids is 1. The van der Waals surface area contributed by atoms with Crippen LogP contribution >= 0.6 is 0 Å². The van der Waals surface area contributed by atoms with Gasteiger partial charge in [0, 0.05) is 6.20 Å². The minimum absolute atomic E-state index is 0.111. The maximum Gasteiger partial charge on any atom is 0.359 e. The molecule has 2 aromatic heterocycles. The predicted molar refractivity (Wildman–Crippen MR) is 102 cm³/mol. The Morgan fingerprint density at radius 1 is 1.43 bits per heavy atom. The Bertz CT molecular complexity index is 1070. The number of nitrogens with zero attached hydrogens (tertiary/aromatic N) is 3. The first-order valence-corrected chi connectivity index (χ1v) is 8.61. The van der Waals surface area contributed by atoms with Gasteiger partial charge in [-0.15, -0.1) is 0 Å². The molecule has 0 aliphatic rings. The van der Waals surface area contributed by atoms with E-state index < -0.39 is 17.9 Å². The van der Waals surface area contributed by atoms with E-state index in [-0.39, 0.29) is 11.3 Å². The standard InChI is InChI=1S/C20H19FN4O3/c1-22-11-9-15(26)7-5-13-12-14(6-8-17(13)21)25-19-16(4-3-10-23-19)18(24-25)20(27)28-2/h3-4,6,8,10,12,15,22,26H,9,11H2,1-2H3. The lowest BCUT2D eigenvalue weighted by Crippen LogP contribution is -2.15. The second-order valence-corrected chi connectivity index (χ2v) is 5.97. The van der Waals surface area contributed by atoms with Gasteiger partial charge in [-0.1, -0.05) is 11.8 Å². The summed E-state index contributed by atoms with van der Waals surface area (Å²) in [7, 11) is 3.04. The molecule has 3 rings (SSSR count). The smallest absolute Gasteiger partial charge is 0.359 e. The van der Waals surface area contributed by atoms with E-state index in [1.165, 1.54) is 30.0 Å². The van der Waals surface area contributed by atoms with Crippen molar-refractivity contribution in [2.45, 2.75) is 12.5 Å². The molecular formula is C20H19FN4O3. The third-order valence-electron chi connectivity index (χ3n) is 4.06. The molecule has 7 nitrogen and oxygen atoms in total. The highest BCUT2D eigenvalue weighted by atomic mass is 19.1. The second kappa shape index (κ2) is 8.61. The summed E-state index contributed by atoms with van der Waals surface area (Å²) in [5.74, 6) is 4.18. The van der Waals surface area contributed by atoms with Crippen LogP contribution in [0.5, 0.6) is 0 Å². The summed E-state index contributed by atoms with van der Waals surface area (Å²) in [6, 6.07) is 7.67. The SMILES string of the molecule is CNCCC(O)C#Cc1cc(-n2nc(C(=O)OC)c3cccnc32)ccc1F. The van der Waals surface area contributed by atoms with Crippen molar-refractivity contribution in [2.75, 3.05) is 20.7 Å². The number of benzene rings is 1.